The average Bonchev–Trinajstić information content (AvgIpc) is 3.18. The smallest absolute Gasteiger partial charge is 0.355 e. The Labute approximate surface area is 215 Å². The van der Waals surface area contributed by atoms with Gasteiger partial charge in [-0.25, -0.2) is 36.1 Å². The van der Waals surface area contributed by atoms with Crippen LogP contribution in [-0.2, 0) is 32.8 Å². The predicted molar refractivity (Wildman–Crippen MR) is 137 cm³/mol. The van der Waals surface area contributed by atoms with E-state index in [1.807, 2.05) is 11.6 Å². The number of amides is 2. The van der Waals surface area contributed by atoms with Crippen LogP contribution in [0, 0.1) is 0 Å². The molecule has 2 amide bonds. The Bertz CT molecular complexity index is 1530. The number of hydrogen-bond donors (Lipinski definition) is 3. The van der Waals surface area contributed by atoms with Crippen LogP contribution in [-0.4, -0.2) is 56.3 Å². The maximum atomic E-state index is 12.8. The summed E-state index contributed by atoms with van der Waals surface area (Å²) < 4.78 is 53.4. The fourth-order valence-corrected chi connectivity index (χ4v) is 5.79. The van der Waals surface area contributed by atoms with Crippen molar-refractivity contribution < 1.29 is 31.5 Å². The van der Waals surface area contributed by atoms with E-state index in [0.717, 1.165) is 6.26 Å². The number of benzene rings is 2. The van der Waals surface area contributed by atoms with E-state index in [9.17, 15) is 31.5 Å². The molecule has 0 bridgehead atoms. The second-order valence-corrected chi connectivity index (χ2v) is 11.8. The van der Waals surface area contributed by atoms with Crippen molar-refractivity contribution >= 4 is 31.9 Å². The molecule has 0 saturated heterocycles. The molecule has 3 rings (SSSR count). The number of urea groups is 1. The van der Waals surface area contributed by atoms with Gasteiger partial charge in [-0.1, -0.05) is 49.4 Å². The maximum absolute atomic E-state index is 12.8. The van der Waals surface area contributed by atoms with E-state index in [4.69, 9.17) is 0 Å². The zero-order valence-corrected chi connectivity index (χ0v) is 22.2. The fraction of sp³-hybridized carbons (Fsp3) is 0.292. The predicted octanol–water partition coefficient (Wildman–Crippen LogP) is 2.66. The number of carbonyl (C=O) groups excluding carboxylic acids is 1. The van der Waals surface area contributed by atoms with E-state index in [1.54, 1.807) is 49.4 Å². The number of carboxylic acids is 1. The highest BCUT2D eigenvalue weighted by Crippen LogP contribution is 2.28. The molecule has 2 aromatic carbocycles. The molecule has 13 heteroatoms. The average molecular weight is 549 g/mol. The van der Waals surface area contributed by atoms with Gasteiger partial charge in [-0.2, -0.15) is 0 Å². The summed E-state index contributed by atoms with van der Waals surface area (Å²) in [4.78, 5) is 27.8. The molecule has 0 radical (unpaired) electrons. The topological polar surface area (TPSA) is 165 Å². The summed E-state index contributed by atoms with van der Waals surface area (Å²) in [5.74, 6) is -1.05. The van der Waals surface area contributed by atoms with Crippen LogP contribution in [0.4, 0.5) is 4.79 Å². The van der Waals surface area contributed by atoms with Gasteiger partial charge in [-0.15, -0.1) is 0 Å². The molecule has 0 saturated carbocycles. The van der Waals surface area contributed by atoms with Crippen LogP contribution in [0.5, 0.6) is 0 Å². The molecule has 0 fully saturated rings. The Morgan fingerprint density at radius 1 is 1.00 bits per heavy atom. The lowest BCUT2D eigenvalue weighted by atomic mass is 10.0. The number of aromatic carboxylic acids is 1. The van der Waals surface area contributed by atoms with E-state index < -0.39 is 42.6 Å². The quantitative estimate of drug-likeness (QED) is 0.348. The number of carboxylic acid groups (broad SMARTS) is 1. The van der Waals surface area contributed by atoms with E-state index in [0.29, 0.717) is 35.4 Å². The molecule has 3 aromatic rings. The molecule has 37 heavy (non-hydrogen) atoms. The van der Waals surface area contributed by atoms with Crippen LogP contribution in [0.2, 0.25) is 0 Å². The molecule has 3 N–H and O–H groups in total. The molecule has 0 aliphatic carbocycles. The first-order valence-electron chi connectivity index (χ1n) is 11.4. The number of aryl methyl sites for hydroxylation is 1. The Balaban J connectivity index is 2.00. The van der Waals surface area contributed by atoms with Gasteiger partial charge in [0.15, 0.2) is 20.6 Å². The van der Waals surface area contributed by atoms with E-state index >= 15 is 0 Å². The second-order valence-electron chi connectivity index (χ2n) is 8.25. The molecule has 1 heterocycles. The third-order valence-corrected chi connectivity index (χ3v) is 7.76. The van der Waals surface area contributed by atoms with Crippen LogP contribution in [0.3, 0.4) is 0 Å². The number of hydrogen-bond acceptors (Lipinski definition) is 7. The van der Waals surface area contributed by atoms with Crippen LogP contribution in [0.15, 0.2) is 58.5 Å². The number of carbonyl (C=O) groups is 2. The lowest BCUT2D eigenvalue weighted by molar-refractivity contribution is 0.0680. The van der Waals surface area contributed by atoms with Crippen LogP contribution in [0.1, 0.15) is 42.1 Å². The summed E-state index contributed by atoms with van der Waals surface area (Å²) in [7, 11) is -8.02. The molecule has 0 aliphatic rings. The summed E-state index contributed by atoms with van der Waals surface area (Å²) in [5.41, 5.74) is 1.17. The first kappa shape index (κ1) is 27.9. The van der Waals surface area contributed by atoms with Gasteiger partial charge in [0.1, 0.15) is 5.82 Å². The summed E-state index contributed by atoms with van der Waals surface area (Å²) in [6, 6.07) is 12.1. The number of sulfone groups is 1. The van der Waals surface area contributed by atoms with Crippen molar-refractivity contribution in [2.45, 2.75) is 43.2 Å². The van der Waals surface area contributed by atoms with Gasteiger partial charge in [0.25, 0.3) is 10.0 Å². The van der Waals surface area contributed by atoms with E-state index in [1.165, 1.54) is 10.6 Å². The van der Waals surface area contributed by atoms with Gasteiger partial charge >= 0.3 is 12.0 Å². The normalized spacial score (nSPS) is 11.8. The lowest BCUT2D eigenvalue weighted by Crippen LogP contribution is -2.39. The highest BCUT2D eigenvalue weighted by molar-refractivity contribution is 7.90. The van der Waals surface area contributed by atoms with Crippen molar-refractivity contribution in [1.82, 2.24) is 19.6 Å². The molecule has 1 aromatic heterocycles. The van der Waals surface area contributed by atoms with Crippen LogP contribution < -0.4 is 10.0 Å². The number of nitrogens with one attached hydrogen (secondary N) is 2. The summed E-state index contributed by atoms with van der Waals surface area (Å²) >= 11 is 0. The third-order valence-electron chi connectivity index (χ3n) is 5.39. The monoisotopic (exact) mass is 548 g/mol. The number of aromatic nitrogens is 2. The maximum Gasteiger partial charge on any atom is 0.355 e. The van der Waals surface area contributed by atoms with Crippen molar-refractivity contribution in [1.29, 1.82) is 0 Å². The van der Waals surface area contributed by atoms with Crippen LogP contribution in [0.25, 0.3) is 11.1 Å². The van der Waals surface area contributed by atoms with Gasteiger partial charge < -0.3 is 15.0 Å². The largest absolute Gasteiger partial charge is 0.476 e. The lowest BCUT2D eigenvalue weighted by Gasteiger charge is -2.13. The van der Waals surface area contributed by atoms with Gasteiger partial charge in [-0.3, -0.25) is 0 Å². The third kappa shape index (κ3) is 6.35. The fourth-order valence-electron chi connectivity index (χ4n) is 3.81. The van der Waals surface area contributed by atoms with Gasteiger partial charge in [-0.05, 0) is 30.5 Å². The van der Waals surface area contributed by atoms with Gasteiger partial charge in [0, 0.05) is 31.3 Å². The Morgan fingerprint density at radius 2 is 1.65 bits per heavy atom. The molecule has 0 spiro atoms. The molecule has 0 aliphatic heterocycles. The number of sulfonamides is 1. The molecule has 0 atom stereocenters. The van der Waals surface area contributed by atoms with Gasteiger partial charge in [0.05, 0.1) is 4.90 Å². The van der Waals surface area contributed by atoms with Crippen molar-refractivity contribution in [2.75, 3.05) is 12.8 Å². The molecule has 0 unspecified atom stereocenters. The first-order chi connectivity index (χ1) is 17.4. The highest BCUT2D eigenvalue weighted by Gasteiger charge is 2.28. The highest BCUT2D eigenvalue weighted by atomic mass is 32.2. The minimum atomic E-state index is -4.15. The van der Waals surface area contributed by atoms with Crippen molar-refractivity contribution in [2.24, 2.45) is 0 Å². The molecular weight excluding hydrogens is 520 g/mol. The molecule has 11 nitrogen and oxygen atoms in total. The molecule has 198 valence electrons. The van der Waals surface area contributed by atoms with E-state index in [-0.39, 0.29) is 18.0 Å². The summed E-state index contributed by atoms with van der Waals surface area (Å²) in [6.45, 7) is 3.85. The minimum Gasteiger partial charge on any atom is -0.476 e. The number of nitrogens with zero attached hydrogens (tertiary/aromatic N) is 2. The molecular formula is C24H28N4O7S2. The minimum absolute atomic E-state index is 0.0540. The van der Waals surface area contributed by atoms with Gasteiger partial charge in [0.2, 0.25) is 0 Å². The Kier molecular flexibility index (Phi) is 8.39. The van der Waals surface area contributed by atoms with Crippen molar-refractivity contribution in [3.63, 3.8) is 0 Å². The zero-order chi connectivity index (χ0) is 27.4. The second kappa shape index (κ2) is 11.1. The van der Waals surface area contributed by atoms with E-state index in [2.05, 4.69) is 10.3 Å². The van der Waals surface area contributed by atoms with Crippen molar-refractivity contribution in [3.8, 4) is 11.1 Å². The number of imidazole rings is 1. The standard InChI is InChI=1S/C24H28N4O7S2/c1-4-8-20-26-22(36(3,32)33)21(23(29)30)28(20)15-16-11-13-17(14-12-16)18-9-6-7-10-19(18)37(34,35)27-24(31)25-5-2/h6-7,9-14H,4-5,8,15H2,1-3H3,(H,29,30)(H2,25,27,31). The Morgan fingerprint density at radius 3 is 2.22 bits per heavy atom. The first-order valence-corrected chi connectivity index (χ1v) is 14.8. The van der Waals surface area contributed by atoms with Crippen LogP contribution >= 0.6 is 0 Å². The number of rotatable bonds is 10. The SMILES string of the molecule is CCCc1nc(S(C)(=O)=O)c(C(=O)O)n1Cc1ccc(-c2ccccc2S(=O)(=O)NC(=O)NCC)cc1. The Hall–Kier alpha value is -3.71. The summed E-state index contributed by atoms with van der Waals surface area (Å²) in [5, 5.41) is 11.7. The zero-order valence-electron chi connectivity index (χ0n) is 20.6. The van der Waals surface area contributed by atoms with Crippen molar-refractivity contribution in [3.05, 3.63) is 65.6 Å². The summed E-state index contributed by atoms with van der Waals surface area (Å²) in [6.07, 6.45) is 1.94.